The summed E-state index contributed by atoms with van der Waals surface area (Å²) in [5, 5.41) is 5.00. The summed E-state index contributed by atoms with van der Waals surface area (Å²) in [4.78, 5) is 3.65. The van der Waals surface area contributed by atoms with Crippen LogP contribution in [0.3, 0.4) is 0 Å². The molecule has 0 amide bonds. The molecule has 0 bridgehead atoms. The third-order valence-corrected chi connectivity index (χ3v) is 7.47. The molecule has 32 heavy (non-hydrogen) atoms. The van der Waals surface area contributed by atoms with E-state index in [1.165, 1.54) is 27.7 Å². The number of aromatic amines is 1. The molecule has 4 nitrogen and oxygen atoms in total. The first kappa shape index (κ1) is 22.0. The Bertz CT molecular complexity index is 1280. The summed E-state index contributed by atoms with van der Waals surface area (Å²) >= 11 is 10.7. The number of nitrogens with one attached hydrogen (secondary N) is 2. The van der Waals surface area contributed by atoms with Gasteiger partial charge in [-0.2, -0.15) is 0 Å². The van der Waals surface area contributed by atoms with Crippen LogP contribution in [0.5, 0.6) is 11.5 Å². The second kappa shape index (κ2) is 9.21. The fourth-order valence-corrected chi connectivity index (χ4v) is 6.86. The van der Waals surface area contributed by atoms with Crippen molar-refractivity contribution in [3.05, 3.63) is 90.4 Å². The van der Waals surface area contributed by atoms with Crippen molar-refractivity contribution in [2.45, 2.75) is 19.1 Å². The maximum absolute atomic E-state index is 6.19. The van der Waals surface area contributed by atoms with Gasteiger partial charge >= 0.3 is 0 Å². The highest BCUT2D eigenvalue weighted by Gasteiger charge is 2.26. The van der Waals surface area contributed by atoms with Gasteiger partial charge in [0.15, 0.2) is 0 Å². The van der Waals surface area contributed by atoms with Gasteiger partial charge < -0.3 is 19.8 Å². The van der Waals surface area contributed by atoms with Gasteiger partial charge in [-0.25, -0.2) is 0 Å². The van der Waals surface area contributed by atoms with Crippen LogP contribution in [0.15, 0.2) is 68.0 Å². The molecule has 0 unspecified atom stereocenters. The van der Waals surface area contributed by atoms with E-state index in [0.717, 1.165) is 43.4 Å². The molecule has 5 rings (SSSR count). The smallest absolute Gasteiger partial charge is 0.148 e. The predicted molar refractivity (Wildman–Crippen MR) is 139 cm³/mol. The van der Waals surface area contributed by atoms with Crippen molar-refractivity contribution < 1.29 is 9.47 Å². The molecule has 0 fully saturated rings. The minimum absolute atomic E-state index is 0.0990. The number of H-pyrrole nitrogens is 1. The Hall–Kier alpha value is -1.80. The minimum atomic E-state index is 0.0990. The van der Waals surface area contributed by atoms with E-state index in [1.54, 1.807) is 7.11 Å². The van der Waals surface area contributed by atoms with Gasteiger partial charge in [-0.05, 0) is 79.7 Å². The van der Waals surface area contributed by atoms with E-state index in [-0.39, 0.29) is 6.04 Å². The SMILES string of the molecule is COc1ccc([C@H]2NCCc3c2[nH]c2ccccc32)cc1COc1c(Br)cc(Br)cc1Br. The molecule has 0 saturated carbocycles. The Balaban J connectivity index is 1.48. The van der Waals surface area contributed by atoms with Crippen molar-refractivity contribution in [3.63, 3.8) is 0 Å². The Morgan fingerprint density at radius 1 is 1.00 bits per heavy atom. The second-order valence-electron chi connectivity index (χ2n) is 7.76. The number of fused-ring (bicyclic) bond motifs is 3. The van der Waals surface area contributed by atoms with Gasteiger partial charge in [0.1, 0.15) is 18.1 Å². The lowest BCUT2D eigenvalue weighted by Gasteiger charge is -2.25. The number of hydrogen-bond donors (Lipinski definition) is 2. The number of halogens is 3. The molecule has 0 spiro atoms. The Kier molecular flexibility index (Phi) is 6.34. The molecule has 164 valence electrons. The van der Waals surface area contributed by atoms with Gasteiger partial charge in [-0.15, -0.1) is 0 Å². The van der Waals surface area contributed by atoms with Crippen LogP contribution in [-0.4, -0.2) is 18.6 Å². The zero-order chi connectivity index (χ0) is 22.2. The molecule has 2 N–H and O–H groups in total. The number of ether oxygens (including phenoxy) is 2. The molecule has 0 aliphatic carbocycles. The summed E-state index contributed by atoms with van der Waals surface area (Å²) in [6.07, 6.45) is 1.02. The van der Waals surface area contributed by atoms with Gasteiger partial charge in [0.2, 0.25) is 0 Å². The number of aromatic nitrogens is 1. The van der Waals surface area contributed by atoms with Gasteiger partial charge in [-0.1, -0.05) is 40.2 Å². The molecule has 2 heterocycles. The summed E-state index contributed by atoms with van der Waals surface area (Å²) in [5.41, 5.74) is 6.02. The van der Waals surface area contributed by atoms with Gasteiger partial charge in [0, 0.05) is 33.2 Å². The number of benzene rings is 3. The Labute approximate surface area is 212 Å². The predicted octanol–water partition coefficient (Wildman–Crippen LogP) is 7.28. The first-order valence-electron chi connectivity index (χ1n) is 10.3. The van der Waals surface area contributed by atoms with Gasteiger partial charge in [0.05, 0.1) is 22.1 Å². The van der Waals surface area contributed by atoms with Gasteiger partial charge in [-0.3, -0.25) is 0 Å². The van der Waals surface area contributed by atoms with Crippen LogP contribution in [0.2, 0.25) is 0 Å². The van der Waals surface area contributed by atoms with E-state index in [9.17, 15) is 0 Å². The van der Waals surface area contributed by atoms with E-state index in [1.807, 2.05) is 18.2 Å². The number of para-hydroxylation sites is 1. The zero-order valence-electron chi connectivity index (χ0n) is 17.3. The lowest BCUT2D eigenvalue weighted by Crippen LogP contribution is -2.30. The van der Waals surface area contributed by atoms with Crippen LogP contribution in [0.25, 0.3) is 10.9 Å². The highest BCUT2D eigenvalue weighted by Crippen LogP contribution is 2.38. The molecular weight excluding hydrogens is 600 g/mol. The van der Waals surface area contributed by atoms with Crippen LogP contribution < -0.4 is 14.8 Å². The summed E-state index contributed by atoms with van der Waals surface area (Å²) < 4.78 is 14.6. The fraction of sp³-hybridized carbons (Fsp3) is 0.200. The molecule has 0 radical (unpaired) electrons. The van der Waals surface area contributed by atoms with Crippen molar-refractivity contribution in [2.24, 2.45) is 0 Å². The minimum Gasteiger partial charge on any atom is -0.496 e. The average molecular weight is 621 g/mol. The summed E-state index contributed by atoms with van der Waals surface area (Å²) in [7, 11) is 1.69. The number of rotatable bonds is 5. The van der Waals surface area contributed by atoms with Gasteiger partial charge in [0.25, 0.3) is 0 Å². The summed E-state index contributed by atoms with van der Waals surface area (Å²) in [5.74, 6) is 1.57. The van der Waals surface area contributed by atoms with E-state index in [2.05, 4.69) is 94.5 Å². The monoisotopic (exact) mass is 618 g/mol. The molecular formula is C25H21Br3N2O2. The van der Waals surface area contributed by atoms with E-state index >= 15 is 0 Å². The van der Waals surface area contributed by atoms with Crippen molar-refractivity contribution in [1.82, 2.24) is 10.3 Å². The quantitative estimate of drug-likeness (QED) is 0.247. The first-order chi connectivity index (χ1) is 15.5. The lowest BCUT2D eigenvalue weighted by atomic mass is 9.93. The fourth-order valence-electron chi connectivity index (χ4n) is 4.37. The molecule has 7 heteroatoms. The van der Waals surface area contributed by atoms with Crippen LogP contribution in [0.4, 0.5) is 0 Å². The largest absolute Gasteiger partial charge is 0.496 e. The summed E-state index contributed by atoms with van der Waals surface area (Å²) in [6.45, 7) is 1.33. The number of hydrogen-bond acceptors (Lipinski definition) is 3. The standard InChI is InChI=1S/C25H21Br3N2O2/c1-31-22-7-6-14(10-15(22)13-32-25-19(27)11-16(26)12-20(25)28)23-24-18(8-9-29-23)17-4-2-3-5-21(17)30-24/h2-7,10-12,23,29-30H,8-9,13H2,1H3/t23-/m1/s1. The Morgan fingerprint density at radius 3 is 2.56 bits per heavy atom. The first-order valence-corrected chi connectivity index (χ1v) is 12.7. The van der Waals surface area contributed by atoms with Crippen LogP contribution in [-0.2, 0) is 13.0 Å². The molecule has 3 aromatic carbocycles. The highest BCUT2D eigenvalue weighted by molar-refractivity contribution is 9.11. The highest BCUT2D eigenvalue weighted by atomic mass is 79.9. The molecule has 1 aliphatic rings. The zero-order valence-corrected chi connectivity index (χ0v) is 22.1. The van der Waals surface area contributed by atoms with Crippen molar-refractivity contribution in [1.29, 1.82) is 0 Å². The molecule has 1 aromatic heterocycles. The van der Waals surface area contributed by atoms with E-state index in [4.69, 9.17) is 9.47 Å². The molecule has 1 aliphatic heterocycles. The van der Waals surface area contributed by atoms with Crippen LogP contribution >= 0.6 is 47.8 Å². The van der Waals surface area contributed by atoms with Crippen LogP contribution in [0.1, 0.15) is 28.4 Å². The third kappa shape index (κ3) is 4.12. The van der Waals surface area contributed by atoms with Crippen molar-refractivity contribution >= 4 is 58.7 Å². The van der Waals surface area contributed by atoms with Crippen LogP contribution in [0, 0.1) is 0 Å². The van der Waals surface area contributed by atoms with E-state index in [0.29, 0.717) is 6.61 Å². The lowest BCUT2D eigenvalue weighted by molar-refractivity contribution is 0.293. The molecule has 4 aromatic rings. The topological polar surface area (TPSA) is 46.3 Å². The summed E-state index contributed by atoms with van der Waals surface area (Å²) in [6, 6.07) is 18.9. The maximum atomic E-state index is 6.19. The number of methoxy groups -OCH3 is 1. The van der Waals surface area contributed by atoms with E-state index < -0.39 is 0 Å². The normalized spacial score (nSPS) is 15.6. The molecule has 0 saturated heterocycles. The van der Waals surface area contributed by atoms with Crippen molar-refractivity contribution in [2.75, 3.05) is 13.7 Å². The molecule has 1 atom stereocenters. The third-order valence-electron chi connectivity index (χ3n) is 5.83. The average Bonchev–Trinajstić information content (AvgIpc) is 3.17. The Morgan fingerprint density at radius 2 is 1.78 bits per heavy atom. The second-order valence-corrected chi connectivity index (χ2v) is 10.4. The van der Waals surface area contributed by atoms with Crippen molar-refractivity contribution in [3.8, 4) is 11.5 Å². The maximum Gasteiger partial charge on any atom is 0.148 e.